The van der Waals surface area contributed by atoms with E-state index in [-0.39, 0.29) is 30.3 Å². The number of nitrogen functional groups attached to an aromatic ring is 1. The fourth-order valence-corrected chi connectivity index (χ4v) is 1.73. The molecule has 2 rings (SSSR count). The maximum Gasteiger partial charge on any atom is 0.340 e. The van der Waals surface area contributed by atoms with E-state index in [1.54, 1.807) is 31.2 Å². The molecule has 0 fully saturated rings. The number of carbonyl (C=O) groups excluding carboxylic acids is 1. The summed E-state index contributed by atoms with van der Waals surface area (Å²) in [6, 6.07) is 8.42. The molecule has 0 saturated carbocycles. The molecule has 0 bridgehead atoms. The molecule has 0 aliphatic heterocycles. The van der Waals surface area contributed by atoms with Gasteiger partial charge in [0.2, 0.25) is 5.88 Å². The third-order valence-corrected chi connectivity index (χ3v) is 2.76. The Morgan fingerprint density at radius 2 is 2.14 bits per heavy atom. The van der Waals surface area contributed by atoms with E-state index in [0.717, 1.165) is 0 Å². The fraction of sp³-hybridized carbons (Fsp3) is 0.200. The molecule has 0 radical (unpaired) electrons. The molecular weight excluding hydrogens is 272 g/mol. The second kappa shape index (κ2) is 6.71. The Morgan fingerprint density at radius 3 is 2.86 bits per heavy atom. The van der Waals surface area contributed by atoms with Crippen LogP contribution in [0.25, 0.3) is 0 Å². The number of hydrogen-bond donors (Lipinski definition) is 2. The van der Waals surface area contributed by atoms with Gasteiger partial charge in [0.15, 0.2) is 0 Å². The van der Waals surface area contributed by atoms with E-state index in [1.165, 1.54) is 12.3 Å². The van der Waals surface area contributed by atoms with Gasteiger partial charge in [0.1, 0.15) is 5.75 Å². The molecule has 110 valence electrons. The zero-order valence-electron chi connectivity index (χ0n) is 11.6. The number of pyridine rings is 1. The molecule has 0 saturated heterocycles. The monoisotopic (exact) mass is 288 g/mol. The lowest BCUT2D eigenvalue weighted by molar-refractivity contribution is 0.0527. The molecule has 0 aliphatic carbocycles. The van der Waals surface area contributed by atoms with Crippen LogP contribution >= 0.6 is 0 Å². The number of aliphatic hydroxyl groups is 1. The number of benzene rings is 1. The smallest absolute Gasteiger partial charge is 0.340 e. The minimum Gasteiger partial charge on any atom is -0.462 e. The number of nitrogens with zero attached hydrogens (tertiary/aromatic N) is 1. The van der Waals surface area contributed by atoms with Crippen LogP contribution in [0, 0.1) is 0 Å². The number of rotatable bonds is 5. The van der Waals surface area contributed by atoms with Crippen LogP contribution in [0.4, 0.5) is 5.69 Å². The lowest BCUT2D eigenvalue weighted by Gasteiger charge is -2.10. The first-order valence-electron chi connectivity index (χ1n) is 6.45. The van der Waals surface area contributed by atoms with Gasteiger partial charge in [0.05, 0.1) is 30.7 Å². The summed E-state index contributed by atoms with van der Waals surface area (Å²) in [6.45, 7) is 1.81. The third kappa shape index (κ3) is 3.49. The van der Waals surface area contributed by atoms with E-state index in [9.17, 15) is 9.90 Å². The highest BCUT2D eigenvalue weighted by molar-refractivity contribution is 5.95. The first-order valence-corrected chi connectivity index (χ1v) is 6.45. The Bertz CT molecular complexity index is 643. The molecule has 3 N–H and O–H groups in total. The van der Waals surface area contributed by atoms with Gasteiger partial charge in [-0.1, -0.05) is 18.2 Å². The standard InChI is InChI=1S/C15H16N2O4/c1-2-20-15(19)11-7-14(17-8-12(11)16)21-13-6-4-3-5-10(13)9-18/h3-8,18H,2,9,16H2,1H3. The minimum atomic E-state index is -0.530. The predicted octanol–water partition coefficient (Wildman–Crippen LogP) is 2.13. The van der Waals surface area contributed by atoms with Crippen molar-refractivity contribution in [3.63, 3.8) is 0 Å². The number of anilines is 1. The molecule has 0 aliphatic rings. The number of para-hydroxylation sites is 1. The van der Waals surface area contributed by atoms with Crippen LogP contribution in [0.2, 0.25) is 0 Å². The predicted molar refractivity (Wildman–Crippen MR) is 77.0 cm³/mol. The number of nitrogens with two attached hydrogens (primary N) is 1. The van der Waals surface area contributed by atoms with Crippen LogP contribution in [0.15, 0.2) is 36.5 Å². The van der Waals surface area contributed by atoms with E-state index < -0.39 is 5.97 Å². The second-order valence-electron chi connectivity index (χ2n) is 4.20. The normalized spacial score (nSPS) is 10.2. The average molecular weight is 288 g/mol. The number of carbonyl (C=O) groups is 1. The van der Waals surface area contributed by atoms with Crippen molar-refractivity contribution in [2.75, 3.05) is 12.3 Å². The number of aromatic nitrogens is 1. The third-order valence-electron chi connectivity index (χ3n) is 2.76. The van der Waals surface area contributed by atoms with Crippen LogP contribution in [0.1, 0.15) is 22.8 Å². The van der Waals surface area contributed by atoms with E-state index in [4.69, 9.17) is 15.2 Å². The van der Waals surface area contributed by atoms with Crippen LogP contribution in [0.5, 0.6) is 11.6 Å². The fourth-order valence-electron chi connectivity index (χ4n) is 1.73. The van der Waals surface area contributed by atoms with Crippen molar-refractivity contribution in [3.05, 3.63) is 47.7 Å². The van der Waals surface area contributed by atoms with Crippen molar-refractivity contribution >= 4 is 11.7 Å². The van der Waals surface area contributed by atoms with Crippen LogP contribution in [-0.2, 0) is 11.3 Å². The minimum absolute atomic E-state index is 0.157. The molecule has 2 aromatic rings. The Kier molecular flexibility index (Phi) is 4.73. The molecule has 0 unspecified atom stereocenters. The van der Waals surface area contributed by atoms with Crippen LogP contribution in [0.3, 0.4) is 0 Å². The van der Waals surface area contributed by atoms with Crippen molar-refractivity contribution in [3.8, 4) is 11.6 Å². The van der Waals surface area contributed by atoms with Crippen LogP contribution < -0.4 is 10.5 Å². The highest BCUT2D eigenvalue weighted by Gasteiger charge is 2.14. The molecular formula is C15H16N2O4. The van der Waals surface area contributed by atoms with Gasteiger partial charge in [0, 0.05) is 11.6 Å². The lowest BCUT2D eigenvalue weighted by atomic mass is 10.2. The Morgan fingerprint density at radius 1 is 1.38 bits per heavy atom. The molecule has 0 amide bonds. The summed E-state index contributed by atoms with van der Waals surface area (Å²) < 4.78 is 10.5. The van der Waals surface area contributed by atoms with Crippen molar-refractivity contribution < 1.29 is 19.4 Å². The summed E-state index contributed by atoms with van der Waals surface area (Å²) in [5, 5.41) is 9.26. The molecule has 1 heterocycles. The van der Waals surface area contributed by atoms with Gasteiger partial charge in [0.25, 0.3) is 0 Å². The van der Waals surface area contributed by atoms with Gasteiger partial charge in [-0.3, -0.25) is 0 Å². The van der Waals surface area contributed by atoms with Crippen LogP contribution in [-0.4, -0.2) is 22.7 Å². The second-order valence-corrected chi connectivity index (χ2v) is 4.20. The first-order chi connectivity index (χ1) is 10.2. The summed E-state index contributed by atoms with van der Waals surface area (Å²) in [6.07, 6.45) is 1.34. The lowest BCUT2D eigenvalue weighted by Crippen LogP contribution is -2.09. The van der Waals surface area contributed by atoms with Gasteiger partial charge >= 0.3 is 5.97 Å². The first kappa shape index (κ1) is 14.8. The highest BCUT2D eigenvalue weighted by Crippen LogP contribution is 2.26. The summed E-state index contributed by atoms with van der Waals surface area (Å²) in [5.41, 5.74) is 6.75. The zero-order valence-corrected chi connectivity index (χ0v) is 11.6. The summed E-state index contributed by atoms with van der Waals surface area (Å²) in [5.74, 6) is 0.137. The van der Waals surface area contributed by atoms with Crippen molar-refractivity contribution in [1.82, 2.24) is 4.98 Å². The molecule has 6 nitrogen and oxygen atoms in total. The largest absolute Gasteiger partial charge is 0.462 e. The summed E-state index contributed by atoms with van der Waals surface area (Å²) in [7, 11) is 0. The van der Waals surface area contributed by atoms with Crippen molar-refractivity contribution in [2.45, 2.75) is 13.5 Å². The summed E-state index contributed by atoms with van der Waals surface area (Å²) in [4.78, 5) is 15.8. The number of aliphatic hydroxyl groups excluding tert-OH is 1. The molecule has 21 heavy (non-hydrogen) atoms. The zero-order chi connectivity index (χ0) is 15.2. The van der Waals surface area contributed by atoms with Crippen molar-refractivity contribution in [1.29, 1.82) is 0 Å². The SMILES string of the molecule is CCOC(=O)c1cc(Oc2ccccc2CO)ncc1N. The van der Waals surface area contributed by atoms with Gasteiger partial charge in [-0.25, -0.2) is 9.78 Å². The van der Waals surface area contributed by atoms with Gasteiger partial charge in [-0.05, 0) is 13.0 Å². The molecule has 0 atom stereocenters. The average Bonchev–Trinajstić information content (AvgIpc) is 2.50. The van der Waals surface area contributed by atoms with E-state index in [1.807, 2.05) is 0 Å². The van der Waals surface area contributed by atoms with Gasteiger partial charge < -0.3 is 20.3 Å². The Balaban J connectivity index is 2.29. The number of hydrogen-bond acceptors (Lipinski definition) is 6. The molecule has 0 spiro atoms. The Hall–Kier alpha value is -2.60. The number of ether oxygens (including phenoxy) is 2. The van der Waals surface area contributed by atoms with Crippen molar-refractivity contribution in [2.24, 2.45) is 0 Å². The van der Waals surface area contributed by atoms with E-state index in [2.05, 4.69) is 4.98 Å². The topological polar surface area (TPSA) is 94.7 Å². The maximum atomic E-state index is 11.8. The molecule has 6 heteroatoms. The summed E-state index contributed by atoms with van der Waals surface area (Å²) >= 11 is 0. The highest BCUT2D eigenvalue weighted by atomic mass is 16.5. The molecule has 1 aromatic carbocycles. The van der Waals surface area contributed by atoms with E-state index in [0.29, 0.717) is 11.3 Å². The Labute approximate surface area is 122 Å². The quantitative estimate of drug-likeness (QED) is 0.818. The molecule has 1 aromatic heterocycles. The van der Waals surface area contributed by atoms with E-state index >= 15 is 0 Å². The van der Waals surface area contributed by atoms with Gasteiger partial charge in [-0.2, -0.15) is 0 Å². The number of esters is 1. The van der Waals surface area contributed by atoms with Gasteiger partial charge in [-0.15, -0.1) is 0 Å². The maximum absolute atomic E-state index is 11.8.